The largest absolute Gasteiger partial charge is 0.369 e. The number of primary amides is 1. The Morgan fingerprint density at radius 3 is 2.92 bits per heavy atom. The first-order valence-corrected chi connectivity index (χ1v) is 8.52. The van der Waals surface area contributed by atoms with E-state index in [1.165, 1.54) is 17.5 Å². The van der Waals surface area contributed by atoms with Gasteiger partial charge in [-0.1, -0.05) is 6.07 Å². The van der Waals surface area contributed by atoms with E-state index < -0.39 is 5.91 Å². The van der Waals surface area contributed by atoms with Crippen LogP contribution in [0, 0.1) is 0 Å². The highest BCUT2D eigenvalue weighted by atomic mass is 16.1. The van der Waals surface area contributed by atoms with Crippen LogP contribution in [0.2, 0.25) is 0 Å². The van der Waals surface area contributed by atoms with E-state index in [0.717, 1.165) is 36.3 Å². The lowest BCUT2D eigenvalue weighted by atomic mass is 10.1. The van der Waals surface area contributed by atoms with Crippen LogP contribution in [0.4, 0.5) is 0 Å². The van der Waals surface area contributed by atoms with Crippen molar-refractivity contribution in [3.8, 4) is 5.69 Å². The van der Waals surface area contributed by atoms with E-state index >= 15 is 0 Å². The number of carbonyl (C=O) groups excluding carboxylic acids is 1. The number of rotatable bonds is 6. The molecule has 1 amide bonds. The molecule has 0 saturated heterocycles. The molecule has 1 aliphatic rings. The van der Waals surface area contributed by atoms with Gasteiger partial charge in [-0.25, -0.2) is 9.67 Å². The molecule has 0 atom stereocenters. The average molecular weight is 336 g/mol. The summed E-state index contributed by atoms with van der Waals surface area (Å²) in [5.41, 5.74) is 10.2. The first-order valence-electron chi connectivity index (χ1n) is 8.52. The minimum atomic E-state index is -0.424. The summed E-state index contributed by atoms with van der Waals surface area (Å²) in [6.45, 7) is 0. The van der Waals surface area contributed by atoms with Crippen molar-refractivity contribution in [1.82, 2.24) is 25.0 Å². The lowest BCUT2D eigenvalue weighted by molar-refractivity contribution is -0.117. The molecule has 1 aromatic carbocycles. The summed E-state index contributed by atoms with van der Waals surface area (Å²) < 4.78 is 1.84. The Morgan fingerprint density at radius 2 is 2.12 bits per heavy atom. The fourth-order valence-electron chi connectivity index (χ4n) is 3.35. The Morgan fingerprint density at radius 1 is 1.24 bits per heavy atom. The highest BCUT2D eigenvalue weighted by Gasteiger charge is 2.16. The molecule has 0 fully saturated rings. The van der Waals surface area contributed by atoms with Crippen molar-refractivity contribution in [3.05, 3.63) is 58.9 Å². The molecule has 0 bridgehead atoms. The van der Waals surface area contributed by atoms with Gasteiger partial charge in [-0.3, -0.25) is 9.89 Å². The molecule has 2 heterocycles. The Balaban J connectivity index is 1.66. The fourth-order valence-corrected chi connectivity index (χ4v) is 3.35. The van der Waals surface area contributed by atoms with E-state index in [1.807, 2.05) is 10.9 Å². The molecule has 0 spiro atoms. The van der Waals surface area contributed by atoms with E-state index in [1.54, 1.807) is 6.20 Å². The fraction of sp³-hybridized carbons (Fsp3) is 0.333. The summed E-state index contributed by atoms with van der Waals surface area (Å²) in [6.07, 6.45) is 8.70. The molecular formula is C18H20N6O. The maximum absolute atomic E-state index is 11.2. The summed E-state index contributed by atoms with van der Waals surface area (Å²) >= 11 is 0. The van der Waals surface area contributed by atoms with Crippen LogP contribution in [0.15, 0.2) is 30.6 Å². The molecule has 1 aliphatic carbocycles. The second-order valence-corrected chi connectivity index (χ2v) is 6.41. The number of benzene rings is 1. The SMILES string of the molecule is NC(=O)Cc1nc(CCc2cn[nH]c2)n(-c2ccc3c(c2)CCC3)n1. The van der Waals surface area contributed by atoms with Gasteiger partial charge < -0.3 is 5.73 Å². The van der Waals surface area contributed by atoms with Crippen molar-refractivity contribution in [2.24, 2.45) is 5.73 Å². The number of fused-ring (bicyclic) bond motifs is 1. The number of aromatic nitrogens is 5. The van der Waals surface area contributed by atoms with Crippen molar-refractivity contribution in [1.29, 1.82) is 0 Å². The third kappa shape index (κ3) is 3.31. The number of nitrogens with one attached hydrogen (secondary N) is 1. The molecule has 0 unspecified atom stereocenters. The number of nitrogens with two attached hydrogens (primary N) is 1. The van der Waals surface area contributed by atoms with Crippen molar-refractivity contribution in [2.45, 2.75) is 38.5 Å². The number of H-pyrrole nitrogens is 1. The quantitative estimate of drug-likeness (QED) is 0.708. The lowest BCUT2D eigenvalue weighted by Crippen LogP contribution is -2.14. The predicted octanol–water partition coefficient (Wildman–Crippen LogP) is 1.29. The second kappa shape index (κ2) is 6.51. The van der Waals surface area contributed by atoms with Gasteiger partial charge in [0.2, 0.25) is 5.91 Å². The number of carbonyl (C=O) groups is 1. The zero-order chi connectivity index (χ0) is 17.2. The van der Waals surface area contributed by atoms with E-state index in [0.29, 0.717) is 12.2 Å². The molecule has 25 heavy (non-hydrogen) atoms. The first kappa shape index (κ1) is 15.6. The highest BCUT2D eigenvalue weighted by Crippen LogP contribution is 2.25. The summed E-state index contributed by atoms with van der Waals surface area (Å²) in [5.74, 6) is 0.873. The molecule has 3 aromatic rings. The molecule has 128 valence electrons. The van der Waals surface area contributed by atoms with Crippen molar-refractivity contribution in [3.63, 3.8) is 0 Å². The van der Waals surface area contributed by atoms with Crippen molar-refractivity contribution >= 4 is 5.91 Å². The lowest BCUT2D eigenvalue weighted by Gasteiger charge is -2.08. The smallest absolute Gasteiger partial charge is 0.225 e. The van der Waals surface area contributed by atoms with E-state index in [4.69, 9.17) is 5.73 Å². The molecular weight excluding hydrogens is 316 g/mol. The van der Waals surface area contributed by atoms with Crippen LogP contribution in [-0.2, 0) is 36.9 Å². The molecule has 7 nitrogen and oxygen atoms in total. The second-order valence-electron chi connectivity index (χ2n) is 6.41. The highest BCUT2D eigenvalue weighted by molar-refractivity contribution is 5.75. The summed E-state index contributed by atoms with van der Waals surface area (Å²) in [7, 11) is 0. The van der Waals surface area contributed by atoms with Gasteiger partial charge in [-0.2, -0.15) is 10.2 Å². The van der Waals surface area contributed by atoms with Crippen LogP contribution >= 0.6 is 0 Å². The zero-order valence-corrected chi connectivity index (χ0v) is 13.9. The van der Waals surface area contributed by atoms with Crippen LogP contribution in [-0.4, -0.2) is 30.9 Å². The van der Waals surface area contributed by atoms with Gasteiger partial charge in [0.15, 0.2) is 5.82 Å². The van der Waals surface area contributed by atoms with Crippen molar-refractivity contribution in [2.75, 3.05) is 0 Å². The van der Waals surface area contributed by atoms with Crippen LogP contribution in [0.25, 0.3) is 5.69 Å². The Labute approximate surface area is 145 Å². The molecule has 3 N–H and O–H groups in total. The minimum Gasteiger partial charge on any atom is -0.369 e. The van der Waals surface area contributed by atoms with Gasteiger partial charge in [0.25, 0.3) is 0 Å². The minimum absolute atomic E-state index is 0.0522. The maximum atomic E-state index is 11.2. The molecule has 2 aromatic heterocycles. The molecule has 0 radical (unpaired) electrons. The van der Waals surface area contributed by atoms with Crippen LogP contribution in [0.5, 0.6) is 0 Å². The number of amides is 1. The predicted molar refractivity (Wildman–Crippen MR) is 92.3 cm³/mol. The third-order valence-corrected chi connectivity index (χ3v) is 4.57. The molecule has 7 heteroatoms. The number of hydrogen-bond donors (Lipinski definition) is 2. The number of nitrogens with zero attached hydrogens (tertiary/aromatic N) is 4. The van der Waals surface area contributed by atoms with Crippen molar-refractivity contribution < 1.29 is 4.79 Å². The molecule has 0 aliphatic heterocycles. The summed E-state index contributed by atoms with van der Waals surface area (Å²) in [5, 5.41) is 11.3. The van der Waals surface area contributed by atoms with Gasteiger partial charge in [0, 0.05) is 12.6 Å². The monoisotopic (exact) mass is 336 g/mol. The van der Waals surface area contributed by atoms with E-state index in [-0.39, 0.29) is 6.42 Å². The normalized spacial score (nSPS) is 13.1. The van der Waals surface area contributed by atoms with Crippen LogP contribution in [0.1, 0.15) is 34.8 Å². The van der Waals surface area contributed by atoms with Gasteiger partial charge in [0.1, 0.15) is 5.82 Å². The van der Waals surface area contributed by atoms with Gasteiger partial charge in [-0.15, -0.1) is 0 Å². The van der Waals surface area contributed by atoms with Gasteiger partial charge in [0.05, 0.1) is 18.3 Å². The first-order chi connectivity index (χ1) is 12.2. The zero-order valence-electron chi connectivity index (χ0n) is 13.9. The molecule has 4 rings (SSSR count). The average Bonchev–Trinajstić information content (AvgIpc) is 3.32. The third-order valence-electron chi connectivity index (χ3n) is 4.57. The number of hydrogen-bond acceptors (Lipinski definition) is 4. The van der Waals surface area contributed by atoms with E-state index in [2.05, 4.69) is 38.5 Å². The van der Waals surface area contributed by atoms with E-state index in [9.17, 15) is 4.79 Å². The summed E-state index contributed by atoms with van der Waals surface area (Å²) in [6, 6.07) is 6.44. The van der Waals surface area contributed by atoms with Crippen LogP contribution in [0.3, 0.4) is 0 Å². The van der Waals surface area contributed by atoms with Crippen LogP contribution < -0.4 is 5.73 Å². The Bertz CT molecular complexity index is 896. The van der Waals surface area contributed by atoms with Gasteiger partial charge in [-0.05, 0) is 54.5 Å². The standard InChI is InChI=1S/C18H20N6O/c19-16(25)9-17-22-18(7-4-12-10-20-21-11-12)24(23-17)15-6-5-13-2-1-3-14(13)8-15/h5-6,8,10-11H,1-4,7,9H2,(H2,19,25)(H,20,21). The maximum Gasteiger partial charge on any atom is 0.225 e. The van der Waals surface area contributed by atoms with Gasteiger partial charge >= 0.3 is 0 Å². The Kier molecular flexibility index (Phi) is 4.05. The number of aryl methyl sites for hydroxylation is 4. The summed E-state index contributed by atoms with van der Waals surface area (Å²) in [4.78, 5) is 15.8. The topological polar surface area (TPSA) is 102 Å². The number of aromatic amines is 1. The molecule has 0 saturated carbocycles. The Hall–Kier alpha value is -2.96.